The third-order valence-corrected chi connectivity index (χ3v) is 5.09. The van der Waals surface area contributed by atoms with Crippen LogP contribution in [-0.4, -0.2) is 35.7 Å². The van der Waals surface area contributed by atoms with E-state index >= 15 is 0 Å². The number of nitrogens with zero attached hydrogens (tertiary/aromatic N) is 1. The minimum Gasteiger partial charge on any atom is -0.391 e. The van der Waals surface area contributed by atoms with E-state index in [2.05, 4.69) is 53.5 Å². The summed E-state index contributed by atoms with van der Waals surface area (Å²) in [5.74, 6) is 0.744. The highest BCUT2D eigenvalue weighted by molar-refractivity contribution is 4.91. The third kappa shape index (κ3) is 4.75. The van der Waals surface area contributed by atoms with Crippen molar-refractivity contribution in [3.05, 3.63) is 0 Å². The van der Waals surface area contributed by atoms with Crippen LogP contribution in [0.1, 0.15) is 67.2 Å². The summed E-state index contributed by atoms with van der Waals surface area (Å²) in [7, 11) is 2.18. The van der Waals surface area contributed by atoms with Crippen molar-refractivity contribution in [1.82, 2.24) is 4.90 Å². The van der Waals surface area contributed by atoms with Gasteiger partial charge in [-0.2, -0.15) is 0 Å². The van der Waals surface area contributed by atoms with Gasteiger partial charge in [0.15, 0.2) is 0 Å². The van der Waals surface area contributed by atoms with E-state index in [0.717, 1.165) is 25.3 Å². The first-order valence-electron chi connectivity index (χ1n) is 7.95. The fraction of sp³-hybridized carbons (Fsp3) is 1.00. The average Bonchev–Trinajstić information content (AvgIpc) is 2.26. The Morgan fingerprint density at radius 3 is 2.16 bits per heavy atom. The SMILES string of the molecule is CCC(C)(C)C1CCC(O)C(N(C)CC(C)(C)C)C1. The number of aliphatic hydroxyl groups is 1. The predicted octanol–water partition coefficient (Wildman–Crippen LogP) is 3.93. The van der Waals surface area contributed by atoms with Crippen LogP contribution in [-0.2, 0) is 0 Å². The molecule has 0 aromatic rings. The Labute approximate surface area is 120 Å². The first kappa shape index (κ1) is 17.0. The average molecular weight is 269 g/mol. The van der Waals surface area contributed by atoms with Gasteiger partial charge in [-0.3, -0.25) is 0 Å². The van der Waals surface area contributed by atoms with Gasteiger partial charge < -0.3 is 10.0 Å². The molecule has 1 saturated carbocycles. The molecule has 114 valence electrons. The predicted molar refractivity (Wildman–Crippen MR) is 83.3 cm³/mol. The van der Waals surface area contributed by atoms with Gasteiger partial charge in [-0.05, 0) is 43.1 Å². The van der Waals surface area contributed by atoms with Crippen LogP contribution in [0.15, 0.2) is 0 Å². The lowest BCUT2D eigenvalue weighted by molar-refractivity contribution is -0.0203. The van der Waals surface area contributed by atoms with Crippen LogP contribution >= 0.6 is 0 Å². The molecule has 2 heteroatoms. The quantitative estimate of drug-likeness (QED) is 0.836. The maximum absolute atomic E-state index is 10.4. The van der Waals surface area contributed by atoms with Crippen LogP contribution in [0.5, 0.6) is 0 Å². The van der Waals surface area contributed by atoms with Gasteiger partial charge in [0.1, 0.15) is 0 Å². The van der Waals surface area contributed by atoms with Crippen LogP contribution in [0.4, 0.5) is 0 Å². The number of aliphatic hydroxyl groups excluding tert-OH is 1. The van der Waals surface area contributed by atoms with E-state index in [-0.39, 0.29) is 6.10 Å². The Morgan fingerprint density at radius 1 is 1.11 bits per heavy atom. The second-order valence-electron chi connectivity index (χ2n) is 8.46. The van der Waals surface area contributed by atoms with Crippen LogP contribution in [0.2, 0.25) is 0 Å². The van der Waals surface area contributed by atoms with E-state index in [4.69, 9.17) is 0 Å². The molecule has 1 rings (SSSR count). The van der Waals surface area contributed by atoms with Gasteiger partial charge in [0.05, 0.1) is 6.10 Å². The first-order chi connectivity index (χ1) is 8.57. The van der Waals surface area contributed by atoms with Crippen molar-refractivity contribution in [2.75, 3.05) is 13.6 Å². The van der Waals surface area contributed by atoms with Crippen molar-refractivity contribution in [3.63, 3.8) is 0 Å². The van der Waals surface area contributed by atoms with Crippen molar-refractivity contribution in [1.29, 1.82) is 0 Å². The zero-order valence-corrected chi connectivity index (χ0v) is 14.2. The highest BCUT2D eigenvalue weighted by Gasteiger charge is 2.38. The number of likely N-dealkylation sites (N-methyl/N-ethyl adjacent to an activating group) is 1. The van der Waals surface area contributed by atoms with Crippen LogP contribution in [0, 0.1) is 16.7 Å². The van der Waals surface area contributed by atoms with Gasteiger partial charge in [-0.15, -0.1) is 0 Å². The second-order valence-corrected chi connectivity index (χ2v) is 8.46. The van der Waals surface area contributed by atoms with Crippen LogP contribution in [0.25, 0.3) is 0 Å². The fourth-order valence-corrected chi connectivity index (χ4v) is 3.47. The monoisotopic (exact) mass is 269 g/mol. The van der Waals surface area contributed by atoms with E-state index in [1.165, 1.54) is 12.8 Å². The summed E-state index contributed by atoms with van der Waals surface area (Å²) >= 11 is 0. The lowest BCUT2D eigenvalue weighted by Gasteiger charge is -2.45. The summed E-state index contributed by atoms with van der Waals surface area (Å²) in [6, 6.07) is 0.337. The molecular formula is C17H35NO. The molecule has 1 aliphatic carbocycles. The zero-order valence-electron chi connectivity index (χ0n) is 14.2. The van der Waals surface area contributed by atoms with E-state index < -0.39 is 0 Å². The Kier molecular flexibility index (Phi) is 5.48. The summed E-state index contributed by atoms with van der Waals surface area (Å²) in [6.45, 7) is 14.9. The Bertz CT molecular complexity index is 279. The lowest BCUT2D eigenvalue weighted by Crippen LogP contribution is -2.49. The molecule has 0 aromatic heterocycles. The molecular weight excluding hydrogens is 234 g/mol. The van der Waals surface area contributed by atoms with Crippen molar-refractivity contribution in [3.8, 4) is 0 Å². The van der Waals surface area contributed by atoms with Gasteiger partial charge >= 0.3 is 0 Å². The Morgan fingerprint density at radius 2 is 1.68 bits per heavy atom. The first-order valence-corrected chi connectivity index (χ1v) is 7.95. The van der Waals surface area contributed by atoms with Crippen molar-refractivity contribution in [2.45, 2.75) is 79.4 Å². The van der Waals surface area contributed by atoms with E-state index in [1.54, 1.807) is 0 Å². The third-order valence-electron chi connectivity index (χ3n) is 5.09. The molecule has 1 N–H and O–H groups in total. The minimum absolute atomic E-state index is 0.142. The molecule has 2 nitrogen and oxygen atoms in total. The van der Waals surface area contributed by atoms with Gasteiger partial charge in [0, 0.05) is 12.6 Å². The zero-order chi connectivity index (χ0) is 14.8. The van der Waals surface area contributed by atoms with Crippen LogP contribution < -0.4 is 0 Å². The molecule has 19 heavy (non-hydrogen) atoms. The summed E-state index contributed by atoms with van der Waals surface area (Å²) < 4.78 is 0. The molecule has 0 aromatic carbocycles. The largest absolute Gasteiger partial charge is 0.391 e. The molecule has 0 amide bonds. The maximum Gasteiger partial charge on any atom is 0.0695 e. The summed E-state index contributed by atoms with van der Waals surface area (Å²) in [4.78, 5) is 2.39. The highest BCUT2D eigenvalue weighted by atomic mass is 16.3. The molecule has 0 radical (unpaired) electrons. The van der Waals surface area contributed by atoms with E-state index in [1.807, 2.05) is 0 Å². The Hall–Kier alpha value is -0.0800. The fourth-order valence-electron chi connectivity index (χ4n) is 3.47. The van der Waals surface area contributed by atoms with Crippen molar-refractivity contribution >= 4 is 0 Å². The summed E-state index contributed by atoms with van der Waals surface area (Å²) in [5, 5.41) is 10.4. The molecule has 1 aliphatic rings. The van der Waals surface area contributed by atoms with Gasteiger partial charge in [0.25, 0.3) is 0 Å². The molecule has 0 spiro atoms. The molecule has 0 bridgehead atoms. The normalized spacial score (nSPS) is 29.8. The Balaban J connectivity index is 2.71. The molecule has 1 fully saturated rings. The minimum atomic E-state index is -0.142. The van der Waals surface area contributed by atoms with Gasteiger partial charge in [0.2, 0.25) is 0 Å². The van der Waals surface area contributed by atoms with Crippen molar-refractivity contribution in [2.24, 2.45) is 16.7 Å². The second kappa shape index (κ2) is 6.13. The van der Waals surface area contributed by atoms with Crippen LogP contribution in [0.3, 0.4) is 0 Å². The topological polar surface area (TPSA) is 23.5 Å². The maximum atomic E-state index is 10.4. The molecule has 0 aliphatic heterocycles. The lowest BCUT2D eigenvalue weighted by atomic mass is 9.67. The van der Waals surface area contributed by atoms with E-state index in [9.17, 15) is 5.11 Å². The van der Waals surface area contributed by atoms with Crippen molar-refractivity contribution < 1.29 is 5.11 Å². The highest BCUT2D eigenvalue weighted by Crippen LogP contribution is 2.41. The van der Waals surface area contributed by atoms with Gasteiger partial charge in [-0.25, -0.2) is 0 Å². The molecule has 3 atom stereocenters. The summed E-state index contributed by atoms with van der Waals surface area (Å²) in [6.07, 6.45) is 4.38. The number of hydrogen-bond acceptors (Lipinski definition) is 2. The standard InChI is InChI=1S/C17H35NO/c1-8-17(5,6)13-9-10-15(19)14(11-13)18(7)12-16(2,3)4/h13-15,19H,8-12H2,1-7H3. The smallest absolute Gasteiger partial charge is 0.0695 e. The summed E-state index contributed by atoms with van der Waals surface area (Å²) in [5.41, 5.74) is 0.697. The molecule has 0 heterocycles. The van der Waals surface area contributed by atoms with E-state index in [0.29, 0.717) is 16.9 Å². The molecule has 0 saturated heterocycles. The van der Waals surface area contributed by atoms with Gasteiger partial charge in [-0.1, -0.05) is 48.0 Å². The molecule has 3 unspecified atom stereocenters. The number of hydrogen-bond donors (Lipinski definition) is 1. The number of rotatable bonds is 4.